The zero-order valence-electron chi connectivity index (χ0n) is 10.7. The minimum absolute atomic E-state index is 0.346. The number of aryl methyl sites for hydroxylation is 1. The molecule has 0 aromatic heterocycles. The number of halogens is 1. The van der Waals surface area contributed by atoms with Crippen molar-refractivity contribution in [1.82, 2.24) is 0 Å². The van der Waals surface area contributed by atoms with E-state index in [9.17, 15) is 0 Å². The average Bonchev–Trinajstić information content (AvgIpc) is 2.27. The number of hydrogen-bond acceptors (Lipinski definition) is 2. The van der Waals surface area contributed by atoms with Crippen molar-refractivity contribution in [1.29, 1.82) is 0 Å². The summed E-state index contributed by atoms with van der Waals surface area (Å²) in [7, 11) is 0. The molecule has 3 heteroatoms. The topological polar surface area (TPSA) is 12.0 Å². The average molecular weight is 270 g/mol. The molecule has 1 unspecified atom stereocenters. The van der Waals surface area contributed by atoms with Gasteiger partial charge in [-0.05, 0) is 36.1 Å². The Labute approximate surface area is 113 Å². The molecule has 17 heavy (non-hydrogen) atoms. The van der Waals surface area contributed by atoms with Crippen molar-refractivity contribution in [2.75, 3.05) is 16.8 Å². The highest BCUT2D eigenvalue weighted by atomic mass is 35.5. The number of anilines is 1. The molecule has 1 heterocycles. The number of benzene rings is 1. The Balaban J connectivity index is 2.17. The second-order valence-electron chi connectivity index (χ2n) is 5.45. The summed E-state index contributed by atoms with van der Waals surface area (Å²) < 4.78 is 0. The van der Waals surface area contributed by atoms with E-state index in [0.29, 0.717) is 11.5 Å². The first-order valence-corrected chi connectivity index (χ1v) is 7.63. The molecular formula is C14H20ClNS. The lowest BCUT2D eigenvalue weighted by Crippen LogP contribution is -2.41. The largest absolute Gasteiger partial charge is 0.380 e. The maximum absolute atomic E-state index is 6.34. The monoisotopic (exact) mass is 269 g/mol. The lowest BCUT2D eigenvalue weighted by Gasteiger charge is -2.39. The molecule has 94 valence electrons. The molecule has 1 aromatic carbocycles. The first kappa shape index (κ1) is 13.1. The normalized spacial score (nSPS) is 23.4. The second kappa shape index (κ2) is 5.11. The summed E-state index contributed by atoms with van der Waals surface area (Å²) in [4.78, 5) is 0. The van der Waals surface area contributed by atoms with Crippen LogP contribution in [0.1, 0.15) is 25.8 Å². The highest BCUT2D eigenvalue weighted by molar-refractivity contribution is 7.99. The highest BCUT2D eigenvalue weighted by Crippen LogP contribution is 2.37. The van der Waals surface area contributed by atoms with Crippen LogP contribution < -0.4 is 5.32 Å². The fourth-order valence-electron chi connectivity index (χ4n) is 2.12. The molecule has 1 saturated heterocycles. The summed E-state index contributed by atoms with van der Waals surface area (Å²) in [5.74, 6) is 2.43. The fourth-order valence-corrected chi connectivity index (χ4v) is 3.91. The molecule has 0 spiro atoms. The molecule has 1 aromatic rings. The Morgan fingerprint density at radius 2 is 2.18 bits per heavy atom. The summed E-state index contributed by atoms with van der Waals surface area (Å²) in [6.45, 7) is 6.73. The van der Waals surface area contributed by atoms with Crippen molar-refractivity contribution >= 4 is 29.1 Å². The first-order valence-electron chi connectivity index (χ1n) is 6.10. The Morgan fingerprint density at radius 1 is 1.41 bits per heavy atom. The number of rotatable bonds is 2. The second-order valence-corrected chi connectivity index (χ2v) is 6.97. The lowest BCUT2D eigenvalue weighted by molar-refractivity contribution is 0.305. The van der Waals surface area contributed by atoms with E-state index in [1.165, 1.54) is 12.2 Å². The molecule has 0 radical (unpaired) electrons. The molecule has 0 aliphatic carbocycles. The third-order valence-electron chi connectivity index (χ3n) is 3.64. The summed E-state index contributed by atoms with van der Waals surface area (Å²) >= 11 is 8.37. The van der Waals surface area contributed by atoms with E-state index >= 15 is 0 Å². The number of thioether (sulfide) groups is 1. The van der Waals surface area contributed by atoms with Crippen LogP contribution in [-0.2, 0) is 0 Å². The standard InChI is InChI=1S/C14H20ClNS/c1-10-5-4-6-11(13(10)15)16-12-9-17-8-7-14(12,2)3/h4-6,12,16H,7-9H2,1-3H3. The summed E-state index contributed by atoms with van der Waals surface area (Å²) in [6, 6.07) is 6.69. The van der Waals surface area contributed by atoms with Gasteiger partial charge in [0.1, 0.15) is 0 Å². The predicted molar refractivity (Wildman–Crippen MR) is 79.3 cm³/mol. The molecule has 1 N–H and O–H groups in total. The van der Waals surface area contributed by atoms with Gasteiger partial charge in [-0.3, -0.25) is 0 Å². The van der Waals surface area contributed by atoms with Crippen LogP contribution in [0.3, 0.4) is 0 Å². The van der Waals surface area contributed by atoms with E-state index in [2.05, 4.69) is 31.3 Å². The van der Waals surface area contributed by atoms with Gasteiger partial charge in [0.05, 0.1) is 10.7 Å². The SMILES string of the molecule is Cc1cccc(NC2CSCCC2(C)C)c1Cl. The van der Waals surface area contributed by atoms with Gasteiger partial charge < -0.3 is 5.32 Å². The van der Waals surface area contributed by atoms with Crippen LogP contribution in [0.2, 0.25) is 5.02 Å². The zero-order valence-corrected chi connectivity index (χ0v) is 12.3. The van der Waals surface area contributed by atoms with E-state index in [1.54, 1.807) is 0 Å². The minimum Gasteiger partial charge on any atom is -0.380 e. The van der Waals surface area contributed by atoms with E-state index in [-0.39, 0.29) is 0 Å². The Morgan fingerprint density at radius 3 is 2.88 bits per heavy atom. The smallest absolute Gasteiger partial charge is 0.0666 e. The van der Waals surface area contributed by atoms with E-state index in [4.69, 9.17) is 11.6 Å². The van der Waals surface area contributed by atoms with Crippen LogP contribution in [0.4, 0.5) is 5.69 Å². The van der Waals surface area contributed by atoms with Crippen molar-refractivity contribution in [3.8, 4) is 0 Å². The van der Waals surface area contributed by atoms with Gasteiger partial charge in [0, 0.05) is 11.8 Å². The molecule has 2 rings (SSSR count). The van der Waals surface area contributed by atoms with Gasteiger partial charge in [-0.15, -0.1) is 0 Å². The van der Waals surface area contributed by atoms with Crippen LogP contribution in [0.25, 0.3) is 0 Å². The van der Waals surface area contributed by atoms with Gasteiger partial charge in [-0.25, -0.2) is 0 Å². The Bertz CT molecular complexity index is 403. The van der Waals surface area contributed by atoms with Crippen molar-refractivity contribution in [3.05, 3.63) is 28.8 Å². The Kier molecular flexibility index (Phi) is 3.94. The molecular weight excluding hydrogens is 250 g/mol. The van der Waals surface area contributed by atoms with Crippen LogP contribution in [0, 0.1) is 12.3 Å². The number of hydrogen-bond donors (Lipinski definition) is 1. The molecule has 1 aliphatic rings. The van der Waals surface area contributed by atoms with Crippen molar-refractivity contribution in [3.63, 3.8) is 0 Å². The fraction of sp³-hybridized carbons (Fsp3) is 0.571. The maximum Gasteiger partial charge on any atom is 0.0666 e. The van der Waals surface area contributed by atoms with Crippen LogP contribution in [-0.4, -0.2) is 17.5 Å². The van der Waals surface area contributed by atoms with Gasteiger partial charge in [-0.2, -0.15) is 11.8 Å². The summed E-state index contributed by atoms with van der Waals surface area (Å²) in [5.41, 5.74) is 2.56. The maximum atomic E-state index is 6.34. The predicted octanol–water partition coefficient (Wildman–Crippen LogP) is 4.59. The third kappa shape index (κ3) is 2.92. The molecule has 0 amide bonds. The molecule has 1 atom stereocenters. The van der Waals surface area contributed by atoms with Gasteiger partial charge in [0.2, 0.25) is 0 Å². The van der Waals surface area contributed by atoms with Gasteiger partial charge >= 0.3 is 0 Å². The Hall–Kier alpha value is -0.340. The minimum atomic E-state index is 0.346. The van der Waals surface area contributed by atoms with Crippen molar-refractivity contribution in [2.45, 2.75) is 33.2 Å². The quantitative estimate of drug-likeness (QED) is 0.843. The lowest BCUT2D eigenvalue weighted by atomic mass is 9.82. The van der Waals surface area contributed by atoms with Gasteiger partial charge in [-0.1, -0.05) is 37.6 Å². The van der Waals surface area contributed by atoms with Crippen molar-refractivity contribution in [2.24, 2.45) is 5.41 Å². The van der Waals surface area contributed by atoms with Gasteiger partial charge in [0.15, 0.2) is 0 Å². The first-order chi connectivity index (χ1) is 8.00. The summed E-state index contributed by atoms with van der Waals surface area (Å²) in [6.07, 6.45) is 1.26. The molecule has 1 fully saturated rings. The van der Waals surface area contributed by atoms with E-state index in [0.717, 1.165) is 22.0 Å². The zero-order chi connectivity index (χ0) is 12.5. The van der Waals surface area contributed by atoms with E-state index < -0.39 is 0 Å². The third-order valence-corrected chi connectivity index (χ3v) is 5.20. The highest BCUT2D eigenvalue weighted by Gasteiger charge is 2.32. The van der Waals surface area contributed by atoms with Crippen molar-refractivity contribution < 1.29 is 0 Å². The molecule has 0 bridgehead atoms. The molecule has 1 aliphatic heterocycles. The van der Waals surface area contributed by atoms with Crippen LogP contribution in [0.5, 0.6) is 0 Å². The molecule has 0 saturated carbocycles. The van der Waals surface area contributed by atoms with Crippen LogP contribution in [0.15, 0.2) is 18.2 Å². The molecule has 1 nitrogen and oxygen atoms in total. The number of nitrogens with one attached hydrogen (secondary N) is 1. The van der Waals surface area contributed by atoms with E-state index in [1.807, 2.05) is 24.8 Å². The summed E-state index contributed by atoms with van der Waals surface area (Å²) in [5, 5.41) is 4.49. The van der Waals surface area contributed by atoms with Gasteiger partial charge in [0.25, 0.3) is 0 Å². The van der Waals surface area contributed by atoms with Crippen LogP contribution >= 0.6 is 23.4 Å².